The molecule has 0 saturated heterocycles. The van der Waals surface area contributed by atoms with Gasteiger partial charge in [0.1, 0.15) is 0 Å². The molecule has 0 bridgehead atoms. The maximum Gasteiger partial charge on any atom is 0.231 e. The molecule has 4 N–H and O–H groups in total. The molecule has 0 aromatic heterocycles. The zero-order valence-corrected chi connectivity index (χ0v) is 11.0. The van der Waals surface area contributed by atoms with Gasteiger partial charge in [0.2, 0.25) is 5.91 Å². The molecule has 0 aliphatic carbocycles. The van der Waals surface area contributed by atoms with E-state index in [2.05, 4.69) is 21.0 Å². The number of hydrogen-bond acceptors (Lipinski definition) is 8. The number of carbonyl (C=O) groups excluding carboxylic acids is 1. The van der Waals surface area contributed by atoms with Gasteiger partial charge in [-0.05, 0) is 0 Å². The van der Waals surface area contributed by atoms with E-state index in [9.17, 15) is 14.6 Å². The third-order valence-corrected chi connectivity index (χ3v) is 2.40. The second kappa shape index (κ2) is 13.0. The van der Waals surface area contributed by atoms with Gasteiger partial charge < -0.3 is 16.4 Å². The minimum absolute atomic E-state index is 0.142. The summed E-state index contributed by atoms with van der Waals surface area (Å²) in [7, 11) is 0. The van der Waals surface area contributed by atoms with Crippen molar-refractivity contribution in [3.8, 4) is 0 Å². The van der Waals surface area contributed by atoms with Crippen LogP contribution in [0.1, 0.15) is 0 Å². The molecule has 0 spiro atoms. The minimum atomic E-state index is -0.399. The van der Waals surface area contributed by atoms with Crippen LogP contribution in [0.25, 0.3) is 0 Å². The Bertz CT molecular complexity index is 264. The van der Waals surface area contributed by atoms with Crippen molar-refractivity contribution < 1.29 is 4.79 Å². The first kappa shape index (κ1) is 17.6. The van der Waals surface area contributed by atoms with E-state index in [4.69, 9.17) is 5.73 Å². The number of nitroso groups, excluding NO2 is 2. The highest BCUT2D eigenvalue weighted by Gasteiger charge is 2.04. The van der Waals surface area contributed by atoms with E-state index in [1.165, 1.54) is 0 Å². The monoisotopic (exact) mass is 274 g/mol. The molecule has 0 heterocycles. The molecule has 0 radical (unpaired) electrons. The van der Waals surface area contributed by atoms with Gasteiger partial charge in [-0.25, -0.2) is 0 Å². The average molecular weight is 274 g/mol. The first-order chi connectivity index (χ1) is 9.20. The lowest BCUT2D eigenvalue weighted by molar-refractivity contribution is -0.117. The zero-order chi connectivity index (χ0) is 14.3. The highest BCUT2D eigenvalue weighted by atomic mass is 16.3. The lowest BCUT2D eigenvalue weighted by Gasteiger charge is -2.21. The molecule has 0 aliphatic rings. The molecule has 0 unspecified atom stereocenters. The smallest absolute Gasteiger partial charge is 0.231 e. The van der Waals surface area contributed by atoms with E-state index in [0.29, 0.717) is 32.7 Å². The Labute approximate surface area is 112 Å². The summed E-state index contributed by atoms with van der Waals surface area (Å²) in [4.78, 5) is 32.6. The highest BCUT2D eigenvalue weighted by Crippen LogP contribution is 1.87. The SMILES string of the molecule is NC(=O)CNCCN(CCN=O)CCNCCN=O. The van der Waals surface area contributed by atoms with Gasteiger partial charge in [-0.3, -0.25) is 9.69 Å². The lowest BCUT2D eigenvalue weighted by Crippen LogP contribution is -2.40. The Morgan fingerprint density at radius 3 is 2.16 bits per heavy atom. The van der Waals surface area contributed by atoms with Crippen LogP contribution in [-0.2, 0) is 4.79 Å². The maximum absolute atomic E-state index is 10.5. The molecule has 0 fully saturated rings. The van der Waals surface area contributed by atoms with Crippen molar-refractivity contribution in [1.29, 1.82) is 0 Å². The van der Waals surface area contributed by atoms with Crippen LogP contribution in [0.4, 0.5) is 0 Å². The van der Waals surface area contributed by atoms with Crippen molar-refractivity contribution in [2.75, 3.05) is 58.9 Å². The number of hydrogen-bond donors (Lipinski definition) is 3. The van der Waals surface area contributed by atoms with Crippen LogP contribution in [0.3, 0.4) is 0 Å². The van der Waals surface area contributed by atoms with Crippen molar-refractivity contribution in [3.05, 3.63) is 9.81 Å². The summed E-state index contributed by atoms with van der Waals surface area (Å²) in [5.74, 6) is -0.399. The summed E-state index contributed by atoms with van der Waals surface area (Å²) in [6.45, 7) is 4.45. The summed E-state index contributed by atoms with van der Waals surface area (Å²) >= 11 is 0. The summed E-state index contributed by atoms with van der Waals surface area (Å²) in [6.07, 6.45) is 0. The van der Waals surface area contributed by atoms with Crippen molar-refractivity contribution >= 4 is 5.91 Å². The Kier molecular flexibility index (Phi) is 12.0. The molecular weight excluding hydrogens is 252 g/mol. The van der Waals surface area contributed by atoms with Crippen LogP contribution in [0.2, 0.25) is 0 Å². The molecule has 9 heteroatoms. The highest BCUT2D eigenvalue weighted by molar-refractivity contribution is 5.75. The van der Waals surface area contributed by atoms with E-state index in [1.807, 2.05) is 4.90 Å². The van der Waals surface area contributed by atoms with E-state index < -0.39 is 5.91 Å². The normalized spacial score (nSPS) is 10.6. The molecule has 0 aromatic rings. The largest absolute Gasteiger partial charge is 0.369 e. The molecular formula is C10H22N6O3. The van der Waals surface area contributed by atoms with Crippen molar-refractivity contribution in [1.82, 2.24) is 15.5 Å². The maximum atomic E-state index is 10.5. The number of nitrogens with two attached hydrogens (primary N) is 1. The number of rotatable bonds is 14. The van der Waals surface area contributed by atoms with Crippen molar-refractivity contribution in [3.63, 3.8) is 0 Å². The predicted molar refractivity (Wildman–Crippen MR) is 72.7 cm³/mol. The van der Waals surface area contributed by atoms with Gasteiger partial charge in [0.05, 0.1) is 19.6 Å². The van der Waals surface area contributed by atoms with E-state index in [1.54, 1.807) is 0 Å². The van der Waals surface area contributed by atoms with Gasteiger partial charge in [-0.15, -0.1) is 0 Å². The van der Waals surface area contributed by atoms with Crippen molar-refractivity contribution in [2.45, 2.75) is 0 Å². The summed E-state index contributed by atoms with van der Waals surface area (Å²) in [6, 6.07) is 0. The quantitative estimate of drug-likeness (QED) is 0.261. The fraction of sp³-hybridized carbons (Fsp3) is 0.900. The van der Waals surface area contributed by atoms with Crippen LogP contribution in [0.5, 0.6) is 0 Å². The second-order valence-electron chi connectivity index (χ2n) is 3.94. The van der Waals surface area contributed by atoms with Gasteiger partial charge in [0.15, 0.2) is 0 Å². The molecule has 0 aliphatic heterocycles. The number of amides is 1. The van der Waals surface area contributed by atoms with Crippen LogP contribution in [0, 0.1) is 9.81 Å². The Balaban J connectivity index is 3.71. The van der Waals surface area contributed by atoms with E-state index >= 15 is 0 Å². The third kappa shape index (κ3) is 12.8. The minimum Gasteiger partial charge on any atom is -0.369 e. The number of primary amides is 1. The predicted octanol–water partition coefficient (Wildman–Crippen LogP) is -1.51. The standard InChI is InChI=1S/C10H22N6O3/c11-10(17)9-13-4-7-16(8-5-15-19)6-3-12-1-2-14-18/h12-13H,1-9H2,(H2,11,17). The zero-order valence-electron chi connectivity index (χ0n) is 11.0. The molecule has 0 aromatic carbocycles. The van der Waals surface area contributed by atoms with Crippen LogP contribution >= 0.6 is 0 Å². The topological polar surface area (TPSA) is 129 Å². The summed E-state index contributed by atoms with van der Waals surface area (Å²) in [5, 5.41) is 11.5. The second-order valence-corrected chi connectivity index (χ2v) is 3.94. The third-order valence-electron chi connectivity index (χ3n) is 2.40. The lowest BCUT2D eigenvalue weighted by atomic mass is 10.4. The molecule has 0 atom stereocenters. The summed E-state index contributed by atoms with van der Waals surface area (Å²) < 4.78 is 0. The van der Waals surface area contributed by atoms with Crippen LogP contribution < -0.4 is 16.4 Å². The molecule has 19 heavy (non-hydrogen) atoms. The fourth-order valence-corrected chi connectivity index (χ4v) is 1.45. The molecule has 0 saturated carbocycles. The fourth-order valence-electron chi connectivity index (χ4n) is 1.45. The number of nitrogens with one attached hydrogen (secondary N) is 2. The van der Waals surface area contributed by atoms with Gasteiger partial charge in [0, 0.05) is 39.3 Å². The van der Waals surface area contributed by atoms with Gasteiger partial charge in [0.25, 0.3) is 0 Å². The first-order valence-electron chi connectivity index (χ1n) is 6.21. The molecule has 1 amide bonds. The van der Waals surface area contributed by atoms with Gasteiger partial charge in [-0.1, -0.05) is 10.4 Å². The molecule has 0 rings (SSSR count). The Morgan fingerprint density at radius 1 is 0.947 bits per heavy atom. The first-order valence-corrected chi connectivity index (χ1v) is 6.21. The van der Waals surface area contributed by atoms with Gasteiger partial charge >= 0.3 is 0 Å². The van der Waals surface area contributed by atoms with Crippen molar-refractivity contribution in [2.24, 2.45) is 16.1 Å². The average Bonchev–Trinajstić information content (AvgIpc) is 2.39. The number of nitrogens with zero attached hydrogens (tertiary/aromatic N) is 3. The van der Waals surface area contributed by atoms with E-state index in [0.717, 1.165) is 6.54 Å². The molecule has 110 valence electrons. The Morgan fingerprint density at radius 2 is 1.58 bits per heavy atom. The Hall–Kier alpha value is -1.45. The summed E-state index contributed by atoms with van der Waals surface area (Å²) in [5.41, 5.74) is 5.00. The van der Waals surface area contributed by atoms with Gasteiger partial charge in [-0.2, -0.15) is 9.81 Å². The number of carbonyl (C=O) groups is 1. The van der Waals surface area contributed by atoms with Crippen LogP contribution in [0.15, 0.2) is 10.4 Å². The van der Waals surface area contributed by atoms with Crippen LogP contribution in [-0.4, -0.2) is 69.7 Å². The molecule has 9 nitrogen and oxygen atoms in total. The van der Waals surface area contributed by atoms with E-state index in [-0.39, 0.29) is 19.6 Å².